The van der Waals surface area contributed by atoms with Crippen molar-refractivity contribution in [2.24, 2.45) is 0 Å². The maximum atomic E-state index is 14.0. The average molecular weight is 293 g/mol. The van der Waals surface area contributed by atoms with Gasteiger partial charge in [0.15, 0.2) is 0 Å². The minimum atomic E-state index is -0.329. The van der Waals surface area contributed by atoms with Crippen LogP contribution in [0.1, 0.15) is 23.2 Å². The van der Waals surface area contributed by atoms with Gasteiger partial charge < -0.3 is 5.11 Å². The van der Waals surface area contributed by atoms with Crippen molar-refractivity contribution in [3.8, 4) is 11.8 Å². The molecule has 3 nitrogen and oxygen atoms in total. The molecule has 0 aliphatic carbocycles. The smallest absolute Gasteiger partial charge is 0.129 e. The van der Waals surface area contributed by atoms with Crippen molar-refractivity contribution in [1.82, 2.24) is 9.78 Å². The zero-order valence-electron chi connectivity index (χ0n) is 11.0. The normalized spacial score (nSPS) is 10.2. The van der Waals surface area contributed by atoms with Gasteiger partial charge in [0, 0.05) is 23.7 Å². The highest BCUT2D eigenvalue weighted by Gasteiger charge is 2.07. The van der Waals surface area contributed by atoms with Crippen molar-refractivity contribution in [2.45, 2.75) is 19.9 Å². The molecule has 0 amide bonds. The summed E-state index contributed by atoms with van der Waals surface area (Å²) in [5.41, 5.74) is 1.84. The fraction of sp³-hybridized carbons (Fsp3) is 0.267. The van der Waals surface area contributed by atoms with Crippen molar-refractivity contribution in [1.29, 1.82) is 0 Å². The monoisotopic (exact) mass is 292 g/mol. The molecular weight excluding hydrogens is 279 g/mol. The number of hydrogen-bond donors (Lipinski definition) is 1. The molecule has 1 heterocycles. The van der Waals surface area contributed by atoms with Crippen LogP contribution in [0.2, 0.25) is 5.02 Å². The zero-order valence-corrected chi connectivity index (χ0v) is 11.8. The Balaban J connectivity index is 2.16. The molecule has 20 heavy (non-hydrogen) atoms. The fourth-order valence-corrected chi connectivity index (χ4v) is 1.87. The summed E-state index contributed by atoms with van der Waals surface area (Å²) in [6, 6.07) is 4.82. The topological polar surface area (TPSA) is 38.0 Å². The molecule has 2 rings (SSSR count). The summed E-state index contributed by atoms with van der Waals surface area (Å²) >= 11 is 5.92. The first kappa shape index (κ1) is 14.6. The number of nitrogens with zero attached hydrogens (tertiary/aromatic N) is 2. The van der Waals surface area contributed by atoms with Crippen LogP contribution in [-0.4, -0.2) is 21.5 Å². The summed E-state index contributed by atoms with van der Waals surface area (Å²) in [7, 11) is 0. The molecule has 5 heteroatoms. The number of halogens is 2. The predicted octanol–water partition coefficient (Wildman–Crippen LogP) is 2.77. The number of aliphatic hydroxyl groups excluding tert-OH is 1. The highest BCUT2D eigenvalue weighted by molar-refractivity contribution is 6.31. The van der Waals surface area contributed by atoms with E-state index in [4.69, 9.17) is 16.7 Å². The van der Waals surface area contributed by atoms with Gasteiger partial charge in [-0.25, -0.2) is 4.39 Å². The molecule has 0 radical (unpaired) electrons. The van der Waals surface area contributed by atoms with Gasteiger partial charge in [0.25, 0.3) is 0 Å². The van der Waals surface area contributed by atoms with Crippen LogP contribution in [0.15, 0.2) is 24.4 Å². The molecule has 0 fully saturated rings. The second-order valence-corrected chi connectivity index (χ2v) is 4.75. The number of aromatic nitrogens is 2. The highest BCUT2D eigenvalue weighted by atomic mass is 35.5. The van der Waals surface area contributed by atoms with Gasteiger partial charge in [0.05, 0.1) is 23.9 Å². The van der Waals surface area contributed by atoms with Crippen LogP contribution in [0.25, 0.3) is 0 Å². The van der Waals surface area contributed by atoms with Crippen molar-refractivity contribution in [3.05, 3.63) is 52.1 Å². The third-order valence-electron chi connectivity index (χ3n) is 2.74. The second-order valence-electron chi connectivity index (χ2n) is 4.34. The van der Waals surface area contributed by atoms with E-state index in [9.17, 15) is 4.39 Å². The molecule has 1 N–H and O–H groups in total. The highest BCUT2D eigenvalue weighted by Crippen LogP contribution is 2.15. The average Bonchev–Trinajstić information content (AvgIpc) is 2.72. The van der Waals surface area contributed by atoms with E-state index in [-0.39, 0.29) is 12.4 Å². The zero-order chi connectivity index (χ0) is 14.5. The van der Waals surface area contributed by atoms with Crippen molar-refractivity contribution < 1.29 is 9.50 Å². The molecule has 0 aliphatic heterocycles. The van der Waals surface area contributed by atoms with E-state index in [1.165, 1.54) is 6.07 Å². The summed E-state index contributed by atoms with van der Waals surface area (Å²) in [5.74, 6) is 5.23. The standard InChI is InChI=1S/C15H14ClFN2O/c1-11-14(16)10-19(18-11)9-13-6-5-12(8-15(13)17)4-2-3-7-20/h5-6,8,10,20H,3,7,9H2,1H3. The Morgan fingerprint density at radius 2 is 2.25 bits per heavy atom. The third-order valence-corrected chi connectivity index (χ3v) is 3.11. The predicted molar refractivity (Wildman–Crippen MR) is 76.1 cm³/mol. The third kappa shape index (κ3) is 3.60. The van der Waals surface area contributed by atoms with E-state index >= 15 is 0 Å². The summed E-state index contributed by atoms with van der Waals surface area (Å²) in [5, 5.41) is 13.4. The Morgan fingerprint density at radius 1 is 1.45 bits per heavy atom. The van der Waals surface area contributed by atoms with Gasteiger partial charge in [-0.05, 0) is 19.1 Å². The van der Waals surface area contributed by atoms with Crippen LogP contribution >= 0.6 is 11.6 Å². The molecule has 0 aliphatic rings. The van der Waals surface area contributed by atoms with E-state index in [0.29, 0.717) is 29.1 Å². The Bertz CT molecular complexity index is 651. The van der Waals surface area contributed by atoms with Gasteiger partial charge in [-0.3, -0.25) is 4.68 Å². The number of rotatable bonds is 3. The molecule has 0 unspecified atom stereocenters. The molecule has 0 spiro atoms. The van der Waals surface area contributed by atoms with Crippen LogP contribution in [-0.2, 0) is 6.54 Å². The Hall–Kier alpha value is -1.83. The van der Waals surface area contributed by atoms with Crippen LogP contribution in [0, 0.1) is 24.6 Å². The molecule has 2 aromatic rings. The Labute approximate surface area is 122 Å². The van der Waals surface area contributed by atoms with E-state index < -0.39 is 0 Å². The number of aliphatic hydroxyl groups is 1. The molecule has 104 valence electrons. The van der Waals surface area contributed by atoms with Crippen molar-refractivity contribution >= 4 is 11.6 Å². The molecule has 0 saturated heterocycles. The lowest BCUT2D eigenvalue weighted by Crippen LogP contribution is -2.03. The van der Waals surface area contributed by atoms with Crippen molar-refractivity contribution in [3.63, 3.8) is 0 Å². The largest absolute Gasteiger partial charge is 0.395 e. The summed E-state index contributed by atoms with van der Waals surface area (Å²) in [6.45, 7) is 2.13. The first-order chi connectivity index (χ1) is 9.60. The number of benzene rings is 1. The maximum absolute atomic E-state index is 14.0. The maximum Gasteiger partial charge on any atom is 0.129 e. The first-order valence-electron chi connectivity index (χ1n) is 6.18. The van der Waals surface area contributed by atoms with E-state index in [2.05, 4.69) is 16.9 Å². The van der Waals surface area contributed by atoms with Crippen LogP contribution in [0.3, 0.4) is 0 Å². The molecule has 0 bridgehead atoms. The number of hydrogen-bond acceptors (Lipinski definition) is 2. The number of aryl methyl sites for hydroxylation is 1. The SMILES string of the molecule is Cc1nn(Cc2ccc(C#CCCO)cc2F)cc1Cl. The summed E-state index contributed by atoms with van der Waals surface area (Å²) in [4.78, 5) is 0. The Kier molecular flexibility index (Phi) is 4.78. The van der Waals surface area contributed by atoms with Gasteiger partial charge in [-0.15, -0.1) is 0 Å². The van der Waals surface area contributed by atoms with Gasteiger partial charge in [0.2, 0.25) is 0 Å². The van der Waals surface area contributed by atoms with Crippen molar-refractivity contribution in [2.75, 3.05) is 6.61 Å². The van der Waals surface area contributed by atoms with Gasteiger partial charge >= 0.3 is 0 Å². The van der Waals surface area contributed by atoms with Crippen LogP contribution in [0.4, 0.5) is 4.39 Å². The van der Waals surface area contributed by atoms with Crippen LogP contribution < -0.4 is 0 Å². The van der Waals surface area contributed by atoms with E-state index in [1.807, 2.05) is 0 Å². The van der Waals surface area contributed by atoms with Gasteiger partial charge in [-0.1, -0.05) is 29.5 Å². The summed E-state index contributed by atoms with van der Waals surface area (Å²) in [6.07, 6.45) is 2.06. The quantitative estimate of drug-likeness (QED) is 0.884. The molecule has 1 aromatic heterocycles. The minimum absolute atomic E-state index is 0.00692. The molecular formula is C15H14ClFN2O. The first-order valence-corrected chi connectivity index (χ1v) is 6.55. The minimum Gasteiger partial charge on any atom is -0.395 e. The van der Waals surface area contributed by atoms with Gasteiger partial charge in [0.1, 0.15) is 5.82 Å². The van der Waals surface area contributed by atoms with Gasteiger partial charge in [-0.2, -0.15) is 5.10 Å². The summed E-state index contributed by atoms with van der Waals surface area (Å²) < 4.78 is 15.6. The lowest BCUT2D eigenvalue weighted by Gasteiger charge is -2.04. The van der Waals surface area contributed by atoms with Crippen LogP contribution in [0.5, 0.6) is 0 Å². The van der Waals surface area contributed by atoms with E-state index in [0.717, 1.165) is 5.69 Å². The fourth-order valence-electron chi connectivity index (χ4n) is 1.72. The second kappa shape index (κ2) is 6.56. The lowest BCUT2D eigenvalue weighted by atomic mass is 10.1. The molecule has 1 aromatic carbocycles. The van der Waals surface area contributed by atoms with E-state index in [1.54, 1.807) is 29.9 Å². The lowest BCUT2D eigenvalue weighted by molar-refractivity contribution is 0.305. The Morgan fingerprint density at radius 3 is 2.85 bits per heavy atom. The molecule has 0 saturated carbocycles. The molecule has 0 atom stereocenters.